The predicted molar refractivity (Wildman–Crippen MR) is 81.7 cm³/mol. The summed E-state index contributed by atoms with van der Waals surface area (Å²) in [7, 11) is 0. The number of benzene rings is 1. The molecule has 2 N–H and O–H groups in total. The van der Waals surface area contributed by atoms with Gasteiger partial charge < -0.3 is 10.5 Å². The van der Waals surface area contributed by atoms with E-state index in [1.54, 1.807) is 0 Å². The van der Waals surface area contributed by atoms with Crippen LogP contribution in [0.2, 0.25) is 0 Å². The number of nitrogens with two attached hydrogens (primary N) is 1. The van der Waals surface area contributed by atoms with Gasteiger partial charge in [0.05, 0.1) is 0 Å². The summed E-state index contributed by atoms with van der Waals surface area (Å²) in [6.45, 7) is 6.41. The van der Waals surface area contributed by atoms with Gasteiger partial charge in [0.25, 0.3) is 0 Å². The number of hydrogen-bond acceptors (Lipinski definition) is 3. The van der Waals surface area contributed by atoms with Gasteiger partial charge in [-0.25, -0.2) is 0 Å². The molecular formula is C17H26N2O. The lowest BCUT2D eigenvalue weighted by Crippen LogP contribution is -2.35. The quantitative estimate of drug-likeness (QED) is 0.917. The zero-order chi connectivity index (χ0) is 14.1. The van der Waals surface area contributed by atoms with E-state index in [9.17, 15) is 0 Å². The molecule has 0 amide bonds. The summed E-state index contributed by atoms with van der Waals surface area (Å²) < 4.78 is 6.25. The normalized spacial score (nSPS) is 29.9. The van der Waals surface area contributed by atoms with Crippen molar-refractivity contribution < 1.29 is 4.74 Å². The predicted octanol–water partition coefficient (Wildman–Crippen LogP) is 2.79. The lowest BCUT2D eigenvalue weighted by Gasteiger charge is -2.30. The van der Waals surface area contributed by atoms with E-state index in [0.717, 1.165) is 17.4 Å². The fraction of sp³-hybridized carbons (Fsp3) is 0.647. The molecule has 3 rings (SSSR count). The summed E-state index contributed by atoms with van der Waals surface area (Å²) >= 11 is 0. The first kappa shape index (κ1) is 13.9. The second kappa shape index (κ2) is 5.74. The average Bonchev–Trinajstić information content (AvgIpc) is 2.81. The van der Waals surface area contributed by atoms with E-state index in [0.29, 0.717) is 24.6 Å². The van der Waals surface area contributed by atoms with Crippen molar-refractivity contribution in [1.82, 2.24) is 4.90 Å². The van der Waals surface area contributed by atoms with Gasteiger partial charge >= 0.3 is 0 Å². The van der Waals surface area contributed by atoms with Crippen LogP contribution in [-0.4, -0.2) is 29.6 Å². The molecule has 20 heavy (non-hydrogen) atoms. The van der Waals surface area contributed by atoms with Crippen molar-refractivity contribution >= 4 is 0 Å². The number of hydrogen-bond donors (Lipinski definition) is 1. The minimum absolute atomic E-state index is 0.388. The Morgan fingerprint density at radius 1 is 1.25 bits per heavy atom. The molecule has 0 radical (unpaired) electrons. The van der Waals surface area contributed by atoms with Crippen molar-refractivity contribution in [3.63, 3.8) is 0 Å². The van der Waals surface area contributed by atoms with Gasteiger partial charge in [-0.3, -0.25) is 4.90 Å². The zero-order valence-electron chi connectivity index (χ0n) is 12.6. The largest absolute Gasteiger partial charge is 0.490 e. The minimum Gasteiger partial charge on any atom is -0.490 e. The highest BCUT2D eigenvalue weighted by Gasteiger charge is 2.42. The molecule has 1 aliphatic carbocycles. The number of nitrogens with zero attached hydrogens (tertiary/aromatic N) is 1. The number of rotatable bonds is 4. The number of fused-ring (bicyclic) bond motifs is 2. The molecule has 1 heterocycles. The van der Waals surface area contributed by atoms with Crippen molar-refractivity contribution in [2.75, 3.05) is 6.54 Å². The second-order valence-corrected chi connectivity index (χ2v) is 6.52. The van der Waals surface area contributed by atoms with Crippen molar-refractivity contribution in [1.29, 1.82) is 0 Å². The summed E-state index contributed by atoms with van der Waals surface area (Å²) in [5.41, 5.74) is 6.79. The Morgan fingerprint density at radius 3 is 2.65 bits per heavy atom. The maximum absolute atomic E-state index is 6.25. The summed E-state index contributed by atoms with van der Waals surface area (Å²) in [5.74, 6) is 1.69. The first-order valence-electron chi connectivity index (χ1n) is 7.88. The molecule has 0 spiro atoms. The van der Waals surface area contributed by atoms with Crippen LogP contribution in [0.15, 0.2) is 24.3 Å². The molecule has 2 bridgehead atoms. The van der Waals surface area contributed by atoms with E-state index in [1.165, 1.54) is 25.8 Å². The van der Waals surface area contributed by atoms with Crippen LogP contribution in [0.3, 0.4) is 0 Å². The lowest BCUT2D eigenvalue weighted by molar-refractivity contribution is 0.113. The maximum atomic E-state index is 6.25. The van der Waals surface area contributed by atoms with Crippen molar-refractivity contribution in [2.45, 2.75) is 57.8 Å². The third-order valence-corrected chi connectivity index (χ3v) is 4.91. The van der Waals surface area contributed by atoms with Crippen molar-refractivity contribution in [3.05, 3.63) is 29.8 Å². The average molecular weight is 274 g/mol. The monoisotopic (exact) mass is 274 g/mol. The molecule has 1 saturated carbocycles. The Kier molecular flexibility index (Phi) is 3.99. The SMILES string of the molecule is CC(C)N1CC2CC1CCC2Oc1ccc(CN)cc1. The molecule has 2 fully saturated rings. The van der Waals surface area contributed by atoms with Crippen LogP contribution in [0.1, 0.15) is 38.7 Å². The van der Waals surface area contributed by atoms with Gasteiger partial charge in [-0.2, -0.15) is 0 Å². The van der Waals surface area contributed by atoms with E-state index < -0.39 is 0 Å². The number of ether oxygens (including phenoxy) is 1. The molecule has 1 aromatic carbocycles. The Bertz CT molecular complexity index is 443. The molecule has 3 atom stereocenters. The van der Waals surface area contributed by atoms with Gasteiger partial charge in [0.15, 0.2) is 0 Å². The smallest absolute Gasteiger partial charge is 0.119 e. The minimum atomic E-state index is 0.388. The van der Waals surface area contributed by atoms with Gasteiger partial charge in [-0.15, -0.1) is 0 Å². The third-order valence-electron chi connectivity index (χ3n) is 4.91. The van der Waals surface area contributed by atoms with Gasteiger partial charge in [0.1, 0.15) is 11.9 Å². The Balaban J connectivity index is 1.64. The van der Waals surface area contributed by atoms with Crippen LogP contribution >= 0.6 is 0 Å². The zero-order valence-corrected chi connectivity index (χ0v) is 12.6. The summed E-state index contributed by atoms with van der Waals surface area (Å²) in [5, 5.41) is 0. The third kappa shape index (κ3) is 2.70. The molecule has 1 saturated heterocycles. The fourth-order valence-corrected chi connectivity index (χ4v) is 3.79. The summed E-state index contributed by atoms with van der Waals surface area (Å²) in [6.07, 6.45) is 4.17. The van der Waals surface area contributed by atoms with Gasteiger partial charge in [-0.05, 0) is 50.8 Å². The molecule has 110 valence electrons. The van der Waals surface area contributed by atoms with Gasteiger partial charge in [-0.1, -0.05) is 12.1 Å². The van der Waals surface area contributed by atoms with E-state index in [-0.39, 0.29) is 0 Å². The number of likely N-dealkylation sites (tertiary alicyclic amines) is 1. The summed E-state index contributed by atoms with van der Waals surface area (Å²) in [4.78, 5) is 2.66. The Morgan fingerprint density at radius 2 is 2.00 bits per heavy atom. The molecule has 2 aliphatic rings. The van der Waals surface area contributed by atoms with E-state index in [1.807, 2.05) is 0 Å². The molecule has 3 heteroatoms. The van der Waals surface area contributed by atoms with Crippen LogP contribution in [0.5, 0.6) is 5.75 Å². The molecule has 3 unspecified atom stereocenters. The Hall–Kier alpha value is -1.06. The standard InChI is InChI=1S/C17H26N2O/c1-12(2)19-11-14-9-15(19)5-8-17(14)20-16-6-3-13(10-18)4-7-16/h3-4,6-7,12,14-15,17H,5,8-11,18H2,1-2H3. The van der Waals surface area contributed by atoms with E-state index in [2.05, 4.69) is 43.0 Å². The van der Waals surface area contributed by atoms with Crippen LogP contribution in [0.4, 0.5) is 0 Å². The molecule has 1 aromatic rings. The molecule has 3 nitrogen and oxygen atoms in total. The highest BCUT2D eigenvalue weighted by Crippen LogP contribution is 2.38. The van der Waals surface area contributed by atoms with E-state index in [4.69, 9.17) is 10.5 Å². The molecule has 0 aromatic heterocycles. The van der Waals surface area contributed by atoms with Crippen LogP contribution in [-0.2, 0) is 6.54 Å². The fourth-order valence-electron chi connectivity index (χ4n) is 3.79. The lowest BCUT2D eigenvalue weighted by atomic mass is 9.87. The van der Waals surface area contributed by atoms with Crippen molar-refractivity contribution in [2.24, 2.45) is 11.7 Å². The van der Waals surface area contributed by atoms with Gasteiger partial charge in [0.2, 0.25) is 0 Å². The van der Waals surface area contributed by atoms with Crippen LogP contribution in [0.25, 0.3) is 0 Å². The van der Waals surface area contributed by atoms with E-state index >= 15 is 0 Å². The maximum Gasteiger partial charge on any atom is 0.119 e. The highest BCUT2D eigenvalue weighted by molar-refractivity contribution is 5.27. The first-order chi connectivity index (χ1) is 9.67. The van der Waals surface area contributed by atoms with Crippen LogP contribution in [0, 0.1) is 5.92 Å². The first-order valence-corrected chi connectivity index (χ1v) is 7.88. The van der Waals surface area contributed by atoms with Crippen LogP contribution < -0.4 is 10.5 Å². The Labute approximate surface area is 122 Å². The topological polar surface area (TPSA) is 38.5 Å². The highest BCUT2D eigenvalue weighted by atomic mass is 16.5. The molecular weight excluding hydrogens is 248 g/mol. The molecule has 1 aliphatic heterocycles. The second-order valence-electron chi connectivity index (χ2n) is 6.52. The van der Waals surface area contributed by atoms with Gasteiger partial charge in [0, 0.05) is 31.1 Å². The van der Waals surface area contributed by atoms with Crippen molar-refractivity contribution in [3.8, 4) is 5.75 Å². The summed E-state index contributed by atoms with van der Waals surface area (Å²) in [6, 6.07) is 9.70.